The molecule has 1 aromatic carbocycles. The molecule has 0 spiro atoms. The highest BCUT2D eigenvalue weighted by Crippen LogP contribution is 2.36. The molecule has 2 heterocycles. The molecule has 3 N–H and O–H groups in total. The van der Waals surface area contributed by atoms with Gasteiger partial charge in [-0.25, -0.2) is 0 Å². The van der Waals surface area contributed by atoms with E-state index >= 15 is 0 Å². The van der Waals surface area contributed by atoms with E-state index in [0.717, 1.165) is 6.42 Å². The summed E-state index contributed by atoms with van der Waals surface area (Å²) in [5, 5.41) is 19.0. The quantitative estimate of drug-likeness (QED) is 0.796. The number of pyridine rings is 1. The van der Waals surface area contributed by atoms with Crippen LogP contribution in [-0.2, 0) is 6.18 Å². The number of aliphatic hydroxyl groups is 2. The van der Waals surface area contributed by atoms with Gasteiger partial charge in [0.25, 0.3) is 0 Å². The van der Waals surface area contributed by atoms with Crippen molar-refractivity contribution in [2.24, 2.45) is 0 Å². The van der Waals surface area contributed by atoms with Crippen LogP contribution in [0.3, 0.4) is 0 Å². The van der Waals surface area contributed by atoms with Crippen molar-refractivity contribution >= 4 is 16.6 Å². The summed E-state index contributed by atoms with van der Waals surface area (Å²) < 4.78 is 39.7. The van der Waals surface area contributed by atoms with Crippen LogP contribution < -0.4 is 10.5 Å². The number of nitrogens with one attached hydrogen (secondary N) is 1. The van der Waals surface area contributed by atoms with Crippen molar-refractivity contribution in [3.8, 4) is 0 Å². The van der Waals surface area contributed by atoms with E-state index in [1.807, 2.05) is 0 Å². The van der Waals surface area contributed by atoms with Gasteiger partial charge in [0, 0.05) is 29.2 Å². The van der Waals surface area contributed by atoms with E-state index in [4.69, 9.17) is 5.11 Å². The van der Waals surface area contributed by atoms with Crippen molar-refractivity contribution in [2.75, 3.05) is 18.1 Å². The lowest BCUT2D eigenvalue weighted by atomic mass is 10.1. The van der Waals surface area contributed by atoms with Crippen LogP contribution in [0, 0.1) is 0 Å². The largest absolute Gasteiger partial charge is 0.417 e. The summed E-state index contributed by atoms with van der Waals surface area (Å²) in [6.45, 7) is 0.174. The predicted octanol–water partition coefficient (Wildman–Crippen LogP) is 1.87. The number of alkyl halides is 3. The zero-order valence-electron chi connectivity index (χ0n) is 12.7. The Morgan fingerprint density at radius 2 is 2.08 bits per heavy atom. The van der Waals surface area contributed by atoms with Crippen molar-refractivity contribution in [3.63, 3.8) is 0 Å². The summed E-state index contributed by atoms with van der Waals surface area (Å²) in [6.07, 6.45) is -4.17. The first-order valence-corrected chi connectivity index (χ1v) is 7.61. The molecule has 8 heteroatoms. The topological polar surface area (TPSA) is 76.6 Å². The van der Waals surface area contributed by atoms with Gasteiger partial charge in [-0.3, -0.25) is 4.79 Å². The molecule has 5 nitrogen and oxygen atoms in total. The number of aromatic nitrogens is 1. The molecule has 0 saturated carbocycles. The molecule has 0 radical (unpaired) electrons. The van der Waals surface area contributed by atoms with Crippen molar-refractivity contribution in [3.05, 3.63) is 40.2 Å². The molecule has 1 fully saturated rings. The van der Waals surface area contributed by atoms with Gasteiger partial charge in [-0.15, -0.1) is 0 Å². The Morgan fingerprint density at radius 1 is 1.33 bits per heavy atom. The first-order valence-electron chi connectivity index (χ1n) is 7.61. The fraction of sp³-hybridized carbons (Fsp3) is 0.438. The minimum absolute atomic E-state index is 0.0938. The van der Waals surface area contributed by atoms with E-state index in [9.17, 15) is 23.1 Å². The van der Waals surface area contributed by atoms with E-state index < -0.39 is 30.0 Å². The molecule has 0 amide bonds. The lowest BCUT2D eigenvalue weighted by Crippen LogP contribution is -2.41. The Labute approximate surface area is 135 Å². The average Bonchev–Trinajstić information content (AvgIpc) is 3.01. The van der Waals surface area contributed by atoms with Crippen LogP contribution in [0.5, 0.6) is 0 Å². The van der Waals surface area contributed by atoms with Crippen LogP contribution in [0.15, 0.2) is 29.1 Å². The molecule has 130 valence electrons. The number of aliphatic hydroxyl groups excluding tert-OH is 2. The standard InChI is InChI=1S/C16H17F3N2O3/c17-16(18,19)11-7-15(24)20-12-4-3-9(6-10(11)12)21-5-1-2-13(21)14(23)8-22/h3-4,6-7,13-14,22-23H,1-2,5,8H2,(H,20,24). The molecule has 1 aliphatic heterocycles. The SMILES string of the molecule is O=c1cc(C(F)(F)F)c2cc(N3CCCC3C(O)CO)ccc2[nH]1. The molecular weight excluding hydrogens is 325 g/mol. The fourth-order valence-electron chi connectivity index (χ4n) is 3.29. The van der Waals surface area contributed by atoms with Crippen molar-refractivity contribution in [1.29, 1.82) is 0 Å². The lowest BCUT2D eigenvalue weighted by Gasteiger charge is -2.30. The van der Waals surface area contributed by atoms with Gasteiger partial charge in [-0.2, -0.15) is 13.2 Å². The maximum Gasteiger partial charge on any atom is 0.417 e. The van der Waals surface area contributed by atoms with Crippen LogP contribution in [0.25, 0.3) is 10.9 Å². The second kappa shape index (κ2) is 6.10. The molecule has 24 heavy (non-hydrogen) atoms. The van der Waals surface area contributed by atoms with Crippen molar-refractivity contribution < 1.29 is 23.4 Å². The van der Waals surface area contributed by atoms with Crippen LogP contribution in [0.4, 0.5) is 18.9 Å². The summed E-state index contributed by atoms with van der Waals surface area (Å²) in [7, 11) is 0. The minimum atomic E-state index is -4.64. The number of hydrogen-bond donors (Lipinski definition) is 3. The normalized spacial score (nSPS) is 19.9. The van der Waals surface area contributed by atoms with Gasteiger partial charge in [0.15, 0.2) is 0 Å². The second-order valence-corrected chi connectivity index (χ2v) is 5.93. The molecule has 0 bridgehead atoms. The first-order chi connectivity index (χ1) is 11.3. The number of anilines is 1. The summed E-state index contributed by atoms with van der Waals surface area (Å²) in [6, 6.07) is 4.62. The van der Waals surface area contributed by atoms with Gasteiger partial charge in [0.05, 0.1) is 24.3 Å². The number of benzene rings is 1. The third-order valence-electron chi connectivity index (χ3n) is 4.39. The predicted molar refractivity (Wildman–Crippen MR) is 83.0 cm³/mol. The first kappa shape index (κ1) is 16.8. The number of halogens is 3. The smallest absolute Gasteiger partial charge is 0.394 e. The summed E-state index contributed by atoms with van der Waals surface area (Å²) >= 11 is 0. The highest BCUT2D eigenvalue weighted by molar-refractivity contribution is 5.86. The molecule has 3 rings (SSSR count). The van der Waals surface area contributed by atoms with Crippen LogP contribution in [0.2, 0.25) is 0 Å². The Morgan fingerprint density at radius 3 is 2.75 bits per heavy atom. The zero-order chi connectivity index (χ0) is 17.5. The average molecular weight is 342 g/mol. The van der Waals surface area contributed by atoms with E-state index in [0.29, 0.717) is 24.7 Å². The number of aromatic amines is 1. The van der Waals surface area contributed by atoms with E-state index in [1.165, 1.54) is 12.1 Å². The Bertz CT molecular complexity index is 803. The molecule has 2 unspecified atom stereocenters. The molecule has 2 atom stereocenters. The van der Waals surface area contributed by atoms with Gasteiger partial charge < -0.3 is 20.1 Å². The maximum atomic E-state index is 13.2. The van der Waals surface area contributed by atoms with Gasteiger partial charge in [0.2, 0.25) is 5.56 Å². The number of fused-ring (bicyclic) bond motifs is 1. The van der Waals surface area contributed by atoms with E-state index in [2.05, 4.69) is 4.98 Å². The molecule has 1 aromatic heterocycles. The highest BCUT2D eigenvalue weighted by Gasteiger charge is 2.34. The number of H-pyrrole nitrogens is 1. The molecule has 0 aliphatic carbocycles. The fourth-order valence-corrected chi connectivity index (χ4v) is 3.29. The summed E-state index contributed by atoms with van der Waals surface area (Å²) in [5.74, 6) is 0. The van der Waals surface area contributed by atoms with Gasteiger partial charge in [-0.05, 0) is 31.0 Å². The molecule has 1 saturated heterocycles. The van der Waals surface area contributed by atoms with E-state index in [1.54, 1.807) is 11.0 Å². The zero-order valence-corrected chi connectivity index (χ0v) is 12.7. The summed E-state index contributed by atoms with van der Waals surface area (Å²) in [5.41, 5.74) is -1.16. The molecule has 1 aliphatic rings. The van der Waals surface area contributed by atoms with E-state index in [-0.39, 0.29) is 16.9 Å². The van der Waals surface area contributed by atoms with Gasteiger partial charge >= 0.3 is 6.18 Å². The second-order valence-electron chi connectivity index (χ2n) is 5.93. The lowest BCUT2D eigenvalue weighted by molar-refractivity contribution is -0.136. The third-order valence-corrected chi connectivity index (χ3v) is 4.39. The Balaban J connectivity index is 2.11. The van der Waals surface area contributed by atoms with Crippen molar-refractivity contribution in [2.45, 2.75) is 31.2 Å². The number of nitrogens with zero attached hydrogens (tertiary/aromatic N) is 1. The minimum Gasteiger partial charge on any atom is -0.394 e. The monoisotopic (exact) mass is 342 g/mol. The number of hydrogen-bond acceptors (Lipinski definition) is 4. The van der Waals surface area contributed by atoms with Crippen LogP contribution >= 0.6 is 0 Å². The maximum absolute atomic E-state index is 13.2. The number of rotatable bonds is 3. The Kier molecular flexibility index (Phi) is 4.27. The van der Waals surface area contributed by atoms with Crippen LogP contribution in [-0.4, -0.2) is 40.5 Å². The molecular formula is C16H17F3N2O3. The van der Waals surface area contributed by atoms with Gasteiger partial charge in [-0.1, -0.05) is 0 Å². The Hall–Kier alpha value is -2.06. The highest BCUT2D eigenvalue weighted by atomic mass is 19.4. The van der Waals surface area contributed by atoms with Crippen LogP contribution in [0.1, 0.15) is 18.4 Å². The van der Waals surface area contributed by atoms with Gasteiger partial charge in [0.1, 0.15) is 0 Å². The van der Waals surface area contributed by atoms with Crippen molar-refractivity contribution in [1.82, 2.24) is 4.98 Å². The summed E-state index contributed by atoms with van der Waals surface area (Å²) in [4.78, 5) is 15.6. The third kappa shape index (κ3) is 2.99. The molecule has 2 aromatic rings.